The van der Waals surface area contributed by atoms with E-state index in [4.69, 9.17) is 21.6 Å². The molecule has 0 aliphatic rings. The number of aryl methyl sites for hydroxylation is 2. The molecule has 5 rings (SSSR count). The molecule has 0 N–H and O–H groups in total. The second kappa shape index (κ2) is 8.40. The topological polar surface area (TPSA) is 121 Å². The van der Waals surface area contributed by atoms with Gasteiger partial charge in [0.2, 0.25) is 0 Å². The van der Waals surface area contributed by atoms with Gasteiger partial charge in [0.05, 0.1) is 54.9 Å². The van der Waals surface area contributed by atoms with Gasteiger partial charge in [0.25, 0.3) is 5.56 Å². The number of hydrogen-bond acceptors (Lipinski definition) is 8. The Hall–Kier alpha value is -4.01. The average Bonchev–Trinajstić information content (AvgIpc) is 3.44. The minimum atomic E-state index is -0.567. The molecule has 0 aromatic carbocycles. The SMILES string of the molecule is COc1cnc(Cl)c(-c2cc3c(s2)c(=O)n(-c2cncc4cnn(C)c24)c(=O)n3CCC#N)c1. The number of hydrogen-bond donors (Lipinski definition) is 0. The van der Waals surface area contributed by atoms with Gasteiger partial charge in [-0.25, -0.2) is 14.3 Å². The van der Waals surface area contributed by atoms with E-state index in [0.717, 1.165) is 4.57 Å². The van der Waals surface area contributed by atoms with Gasteiger partial charge >= 0.3 is 5.69 Å². The number of nitrogens with zero attached hydrogens (tertiary/aromatic N) is 7. The summed E-state index contributed by atoms with van der Waals surface area (Å²) in [5.41, 5.74) is 0.844. The summed E-state index contributed by atoms with van der Waals surface area (Å²) in [6.45, 7) is 0.112. The van der Waals surface area contributed by atoms with Crippen molar-refractivity contribution in [1.29, 1.82) is 5.26 Å². The van der Waals surface area contributed by atoms with Gasteiger partial charge in [0.15, 0.2) is 0 Å². The van der Waals surface area contributed by atoms with E-state index in [0.29, 0.717) is 43.0 Å². The number of pyridine rings is 2. The van der Waals surface area contributed by atoms with Crippen molar-refractivity contribution in [3.63, 3.8) is 0 Å². The molecule has 0 amide bonds. The van der Waals surface area contributed by atoms with Crippen molar-refractivity contribution in [3.05, 3.63) is 62.9 Å². The van der Waals surface area contributed by atoms with E-state index in [9.17, 15) is 9.59 Å². The number of ether oxygens (including phenoxy) is 1. The summed E-state index contributed by atoms with van der Waals surface area (Å²) in [4.78, 5) is 36.3. The molecule has 0 aliphatic heterocycles. The Morgan fingerprint density at radius 1 is 1.21 bits per heavy atom. The summed E-state index contributed by atoms with van der Waals surface area (Å²) in [5, 5.41) is 14.3. The number of thiophene rings is 1. The van der Waals surface area contributed by atoms with Crippen LogP contribution in [-0.2, 0) is 13.6 Å². The minimum Gasteiger partial charge on any atom is -0.495 e. The normalized spacial score (nSPS) is 11.2. The Labute approximate surface area is 200 Å². The molecule has 0 saturated carbocycles. The molecule has 34 heavy (non-hydrogen) atoms. The first-order chi connectivity index (χ1) is 16.4. The number of nitriles is 1. The summed E-state index contributed by atoms with van der Waals surface area (Å²) in [5.74, 6) is 0.505. The van der Waals surface area contributed by atoms with Crippen LogP contribution in [0.3, 0.4) is 0 Å². The van der Waals surface area contributed by atoms with Crippen LogP contribution in [0.2, 0.25) is 5.15 Å². The van der Waals surface area contributed by atoms with Crippen molar-refractivity contribution in [2.75, 3.05) is 7.11 Å². The highest BCUT2D eigenvalue weighted by Gasteiger charge is 2.21. The molecule has 5 aromatic heterocycles. The number of halogens is 1. The van der Waals surface area contributed by atoms with Gasteiger partial charge in [0.1, 0.15) is 15.6 Å². The first-order valence-corrected chi connectivity index (χ1v) is 11.3. The standard InChI is InChI=1S/C22H16ClN7O3S/c1-28-18-12(9-27-28)8-25-11-16(18)30-21(31)19-15(29(22(30)32)5-3-4-24)7-17(34-19)14-6-13(33-2)10-26-20(14)23/h6-11H,3,5H2,1-2H3. The van der Waals surface area contributed by atoms with Gasteiger partial charge in [-0.05, 0) is 12.1 Å². The lowest BCUT2D eigenvalue weighted by atomic mass is 10.2. The average molecular weight is 494 g/mol. The highest BCUT2D eigenvalue weighted by Crippen LogP contribution is 2.36. The first-order valence-electron chi connectivity index (χ1n) is 10.1. The molecular weight excluding hydrogens is 478 g/mol. The van der Waals surface area contributed by atoms with Crippen molar-refractivity contribution >= 4 is 44.1 Å². The second-order valence-electron chi connectivity index (χ2n) is 7.39. The van der Waals surface area contributed by atoms with Crippen molar-refractivity contribution in [1.82, 2.24) is 28.9 Å². The Bertz CT molecular complexity index is 1740. The quantitative estimate of drug-likeness (QED) is 0.345. The van der Waals surface area contributed by atoms with Gasteiger partial charge < -0.3 is 4.74 Å². The molecule has 0 atom stereocenters. The highest BCUT2D eigenvalue weighted by molar-refractivity contribution is 7.22. The lowest BCUT2D eigenvalue weighted by Crippen LogP contribution is -2.38. The van der Waals surface area contributed by atoms with Crippen LogP contribution in [0.25, 0.3) is 37.2 Å². The molecule has 12 heteroatoms. The third kappa shape index (κ3) is 3.35. The third-order valence-corrected chi connectivity index (χ3v) is 6.89. The van der Waals surface area contributed by atoms with Gasteiger partial charge in [-0.1, -0.05) is 11.6 Å². The Kier molecular flexibility index (Phi) is 5.39. The zero-order chi connectivity index (χ0) is 24.0. The van der Waals surface area contributed by atoms with E-state index >= 15 is 0 Å². The fraction of sp³-hybridized carbons (Fsp3) is 0.182. The zero-order valence-electron chi connectivity index (χ0n) is 18.0. The van der Waals surface area contributed by atoms with Crippen molar-refractivity contribution in [3.8, 4) is 27.9 Å². The molecule has 0 bridgehead atoms. The molecule has 10 nitrogen and oxygen atoms in total. The number of rotatable bonds is 5. The maximum atomic E-state index is 13.7. The Balaban J connectivity index is 1.86. The zero-order valence-corrected chi connectivity index (χ0v) is 19.6. The molecule has 5 heterocycles. The molecule has 0 spiro atoms. The Morgan fingerprint density at radius 2 is 2.03 bits per heavy atom. The molecular formula is C22H16ClN7O3S. The van der Waals surface area contributed by atoms with Crippen molar-refractivity contribution < 1.29 is 4.74 Å². The second-order valence-corrected chi connectivity index (χ2v) is 8.80. The van der Waals surface area contributed by atoms with Crippen LogP contribution >= 0.6 is 22.9 Å². The van der Waals surface area contributed by atoms with Crippen molar-refractivity contribution in [2.45, 2.75) is 13.0 Å². The lowest BCUT2D eigenvalue weighted by molar-refractivity contribution is 0.413. The van der Waals surface area contributed by atoms with Crippen LogP contribution in [0.15, 0.2) is 46.5 Å². The molecule has 0 radical (unpaired) electrons. The van der Waals surface area contributed by atoms with E-state index in [2.05, 4.69) is 21.1 Å². The van der Waals surface area contributed by atoms with Crippen LogP contribution in [-0.4, -0.2) is 36.0 Å². The van der Waals surface area contributed by atoms with Gasteiger partial charge in [-0.3, -0.25) is 19.0 Å². The predicted octanol–water partition coefficient (Wildman–Crippen LogP) is 3.13. The molecule has 5 aromatic rings. The maximum Gasteiger partial charge on any atom is 0.336 e. The number of aromatic nitrogens is 6. The van der Waals surface area contributed by atoms with Crippen LogP contribution in [0.5, 0.6) is 5.75 Å². The summed E-state index contributed by atoms with van der Waals surface area (Å²) >= 11 is 7.52. The molecule has 170 valence electrons. The summed E-state index contributed by atoms with van der Waals surface area (Å²) in [6, 6.07) is 5.50. The molecule has 0 fully saturated rings. The van der Waals surface area contributed by atoms with Gasteiger partial charge in [0, 0.05) is 35.6 Å². The van der Waals surface area contributed by atoms with E-state index in [1.165, 1.54) is 35.4 Å². The van der Waals surface area contributed by atoms with Crippen molar-refractivity contribution in [2.24, 2.45) is 7.05 Å². The summed E-state index contributed by atoms with van der Waals surface area (Å²) in [6.07, 6.45) is 6.28. The highest BCUT2D eigenvalue weighted by atomic mass is 35.5. The third-order valence-electron chi connectivity index (χ3n) is 5.45. The van der Waals surface area contributed by atoms with Crippen LogP contribution in [0.4, 0.5) is 0 Å². The van der Waals surface area contributed by atoms with Crippen LogP contribution in [0.1, 0.15) is 6.42 Å². The number of methoxy groups -OCH3 is 1. The van der Waals surface area contributed by atoms with E-state index in [1.807, 2.05) is 0 Å². The summed E-state index contributed by atoms with van der Waals surface area (Å²) < 4.78 is 9.70. The fourth-order valence-corrected chi connectivity index (χ4v) is 5.23. The molecule has 0 aliphatic carbocycles. The van der Waals surface area contributed by atoms with Crippen LogP contribution < -0.4 is 16.0 Å². The minimum absolute atomic E-state index is 0.0913. The predicted molar refractivity (Wildman–Crippen MR) is 129 cm³/mol. The monoisotopic (exact) mass is 493 g/mol. The smallest absolute Gasteiger partial charge is 0.336 e. The largest absolute Gasteiger partial charge is 0.495 e. The fourth-order valence-electron chi connectivity index (χ4n) is 3.86. The van der Waals surface area contributed by atoms with Gasteiger partial charge in [-0.15, -0.1) is 11.3 Å². The summed E-state index contributed by atoms with van der Waals surface area (Å²) in [7, 11) is 3.25. The van der Waals surface area contributed by atoms with Crippen LogP contribution in [0, 0.1) is 11.3 Å². The lowest BCUT2D eigenvalue weighted by Gasteiger charge is -2.12. The maximum absolute atomic E-state index is 13.7. The molecule has 0 unspecified atom stereocenters. The van der Waals surface area contributed by atoms with Gasteiger partial charge in [-0.2, -0.15) is 10.4 Å². The molecule has 0 saturated heterocycles. The first kappa shape index (κ1) is 21.8. The van der Waals surface area contributed by atoms with E-state index < -0.39 is 11.2 Å². The number of fused-ring (bicyclic) bond motifs is 2. The van der Waals surface area contributed by atoms with E-state index in [-0.39, 0.29) is 18.1 Å². The van der Waals surface area contributed by atoms with E-state index in [1.54, 1.807) is 36.3 Å². The Morgan fingerprint density at radius 3 is 2.79 bits per heavy atom.